The first-order valence-electron chi connectivity index (χ1n) is 6.01. The predicted molar refractivity (Wildman–Crippen MR) is 73.3 cm³/mol. The van der Waals surface area contributed by atoms with E-state index in [0.717, 1.165) is 16.8 Å². The van der Waals surface area contributed by atoms with E-state index < -0.39 is 5.92 Å². The molecule has 0 fully saturated rings. The normalized spacial score (nSPS) is 13.9. The van der Waals surface area contributed by atoms with Crippen molar-refractivity contribution in [1.82, 2.24) is 0 Å². The Morgan fingerprint density at radius 2 is 2.00 bits per heavy atom. The monoisotopic (exact) mass is 251 g/mol. The molecule has 0 bridgehead atoms. The molecule has 1 nitrogen and oxygen atoms in total. The molecule has 0 aliphatic heterocycles. The predicted octanol–water partition coefficient (Wildman–Crippen LogP) is 4.68. The standard InChI is InChI=1S/C15H19F2N/c1-5-15(16,17)14-8-6-7-13(10-14)11(2)9-12(3)18-4/h6-10H,5H2,1-4H3/b11-9+,18-12?. The van der Waals surface area contributed by atoms with Gasteiger partial charge in [-0.25, -0.2) is 8.78 Å². The Morgan fingerprint density at radius 3 is 2.56 bits per heavy atom. The van der Waals surface area contributed by atoms with E-state index in [1.165, 1.54) is 13.0 Å². The SMILES string of the molecule is CCC(F)(F)c1cccc(/C(C)=C/C(C)=NC)c1. The minimum absolute atomic E-state index is 0.0707. The molecule has 0 heterocycles. The van der Waals surface area contributed by atoms with Gasteiger partial charge in [0.1, 0.15) is 0 Å². The zero-order valence-corrected chi connectivity index (χ0v) is 11.3. The van der Waals surface area contributed by atoms with Crippen LogP contribution in [-0.2, 0) is 5.92 Å². The van der Waals surface area contributed by atoms with E-state index in [2.05, 4.69) is 4.99 Å². The van der Waals surface area contributed by atoms with E-state index in [-0.39, 0.29) is 12.0 Å². The van der Waals surface area contributed by atoms with E-state index in [1.807, 2.05) is 26.0 Å². The van der Waals surface area contributed by atoms with Crippen LogP contribution in [0.5, 0.6) is 0 Å². The van der Waals surface area contributed by atoms with Crippen molar-refractivity contribution >= 4 is 11.3 Å². The molecule has 0 saturated heterocycles. The zero-order chi connectivity index (χ0) is 13.8. The van der Waals surface area contributed by atoms with Crippen molar-refractivity contribution in [3.8, 4) is 0 Å². The number of hydrogen-bond donors (Lipinski definition) is 0. The topological polar surface area (TPSA) is 12.4 Å². The lowest BCUT2D eigenvalue weighted by molar-refractivity contribution is -0.00830. The van der Waals surface area contributed by atoms with E-state index in [9.17, 15) is 8.78 Å². The highest BCUT2D eigenvalue weighted by molar-refractivity contribution is 5.98. The van der Waals surface area contributed by atoms with Crippen molar-refractivity contribution in [3.05, 3.63) is 41.5 Å². The van der Waals surface area contributed by atoms with Crippen molar-refractivity contribution in [3.63, 3.8) is 0 Å². The molecule has 0 aliphatic rings. The fourth-order valence-electron chi connectivity index (χ4n) is 1.66. The molecule has 1 aromatic carbocycles. The third-order valence-corrected chi connectivity index (χ3v) is 2.96. The van der Waals surface area contributed by atoms with Gasteiger partial charge in [0.05, 0.1) is 0 Å². The minimum atomic E-state index is -2.76. The second-order valence-corrected chi connectivity index (χ2v) is 4.33. The van der Waals surface area contributed by atoms with Crippen LogP contribution in [-0.4, -0.2) is 12.8 Å². The lowest BCUT2D eigenvalue weighted by atomic mass is 9.99. The van der Waals surface area contributed by atoms with Gasteiger partial charge in [0.2, 0.25) is 0 Å². The second kappa shape index (κ2) is 5.89. The Labute approximate surface area is 107 Å². The zero-order valence-electron chi connectivity index (χ0n) is 11.3. The van der Waals surface area contributed by atoms with Gasteiger partial charge in [-0.15, -0.1) is 0 Å². The van der Waals surface area contributed by atoms with E-state index >= 15 is 0 Å². The fraction of sp³-hybridized carbons (Fsp3) is 0.400. The lowest BCUT2D eigenvalue weighted by Crippen LogP contribution is -2.11. The summed E-state index contributed by atoms with van der Waals surface area (Å²) in [5, 5.41) is 0. The van der Waals surface area contributed by atoms with Gasteiger partial charge in [0, 0.05) is 24.7 Å². The van der Waals surface area contributed by atoms with Gasteiger partial charge < -0.3 is 0 Å². The van der Waals surface area contributed by atoms with Gasteiger partial charge >= 0.3 is 0 Å². The average molecular weight is 251 g/mol. The Hall–Kier alpha value is -1.51. The molecular formula is C15H19F2N. The van der Waals surface area contributed by atoms with Gasteiger partial charge in [0.25, 0.3) is 5.92 Å². The number of rotatable bonds is 4. The van der Waals surface area contributed by atoms with Crippen LogP contribution in [0, 0.1) is 0 Å². The summed E-state index contributed by atoms with van der Waals surface area (Å²) in [7, 11) is 1.71. The third-order valence-electron chi connectivity index (χ3n) is 2.96. The number of benzene rings is 1. The average Bonchev–Trinajstić information content (AvgIpc) is 2.38. The number of allylic oxidation sites excluding steroid dienone is 2. The molecule has 0 spiro atoms. The van der Waals surface area contributed by atoms with E-state index in [0.29, 0.717) is 0 Å². The summed E-state index contributed by atoms with van der Waals surface area (Å²) in [6.07, 6.45) is 1.71. The molecule has 1 rings (SSSR count). The molecule has 0 atom stereocenters. The summed E-state index contributed by atoms with van der Waals surface area (Å²) in [5.41, 5.74) is 2.69. The van der Waals surface area contributed by atoms with Crippen molar-refractivity contribution in [2.45, 2.75) is 33.1 Å². The Morgan fingerprint density at radius 1 is 1.33 bits per heavy atom. The maximum absolute atomic E-state index is 13.6. The van der Waals surface area contributed by atoms with Crippen LogP contribution in [0.4, 0.5) is 8.78 Å². The smallest absolute Gasteiger partial charge is 0.273 e. The maximum atomic E-state index is 13.6. The summed E-state index contributed by atoms with van der Waals surface area (Å²) in [6, 6.07) is 6.54. The molecular weight excluding hydrogens is 232 g/mol. The molecule has 0 unspecified atom stereocenters. The Kier molecular flexibility index (Phi) is 4.76. The van der Waals surface area contributed by atoms with Crippen LogP contribution in [0.1, 0.15) is 38.3 Å². The van der Waals surface area contributed by atoms with Crippen LogP contribution < -0.4 is 0 Å². The summed E-state index contributed by atoms with van der Waals surface area (Å²) >= 11 is 0. The first kappa shape index (κ1) is 14.6. The van der Waals surface area contributed by atoms with Crippen molar-refractivity contribution in [1.29, 1.82) is 0 Å². The first-order chi connectivity index (χ1) is 8.40. The molecule has 0 N–H and O–H groups in total. The summed E-state index contributed by atoms with van der Waals surface area (Å²) < 4.78 is 27.2. The highest BCUT2D eigenvalue weighted by Crippen LogP contribution is 2.32. The van der Waals surface area contributed by atoms with Crippen molar-refractivity contribution < 1.29 is 8.78 Å². The molecule has 0 aromatic heterocycles. The molecule has 3 heteroatoms. The molecule has 98 valence electrons. The first-order valence-corrected chi connectivity index (χ1v) is 6.01. The minimum Gasteiger partial charge on any atom is -0.293 e. The van der Waals surface area contributed by atoms with E-state index in [1.54, 1.807) is 19.2 Å². The molecule has 1 aromatic rings. The fourth-order valence-corrected chi connectivity index (χ4v) is 1.66. The van der Waals surface area contributed by atoms with Crippen LogP contribution in [0.3, 0.4) is 0 Å². The number of hydrogen-bond acceptors (Lipinski definition) is 1. The maximum Gasteiger partial charge on any atom is 0.273 e. The lowest BCUT2D eigenvalue weighted by Gasteiger charge is -2.15. The van der Waals surface area contributed by atoms with Crippen molar-refractivity contribution in [2.24, 2.45) is 4.99 Å². The van der Waals surface area contributed by atoms with Crippen LogP contribution >= 0.6 is 0 Å². The third kappa shape index (κ3) is 3.49. The van der Waals surface area contributed by atoms with E-state index in [4.69, 9.17) is 0 Å². The highest BCUT2D eigenvalue weighted by Gasteiger charge is 2.28. The van der Waals surface area contributed by atoms with Gasteiger partial charge in [0.15, 0.2) is 0 Å². The van der Waals surface area contributed by atoms with Crippen molar-refractivity contribution in [2.75, 3.05) is 7.05 Å². The van der Waals surface area contributed by atoms with Gasteiger partial charge in [-0.1, -0.05) is 25.1 Å². The van der Waals surface area contributed by atoms with Crippen LogP contribution in [0.2, 0.25) is 0 Å². The molecule has 0 saturated carbocycles. The quantitative estimate of drug-likeness (QED) is 0.689. The number of alkyl halides is 2. The number of nitrogens with zero attached hydrogens (tertiary/aromatic N) is 1. The Balaban J connectivity index is 3.14. The second-order valence-electron chi connectivity index (χ2n) is 4.33. The Bertz CT molecular complexity index is 473. The number of halogens is 2. The largest absolute Gasteiger partial charge is 0.293 e. The van der Waals surface area contributed by atoms with Gasteiger partial charge in [-0.05, 0) is 37.1 Å². The molecule has 0 radical (unpaired) electrons. The highest BCUT2D eigenvalue weighted by atomic mass is 19.3. The molecule has 0 aliphatic carbocycles. The number of aliphatic imine (C=N–C) groups is 1. The van der Waals surface area contributed by atoms with Crippen LogP contribution in [0.15, 0.2) is 35.3 Å². The molecule has 18 heavy (non-hydrogen) atoms. The summed E-state index contributed by atoms with van der Waals surface area (Å²) in [6.45, 7) is 5.27. The van der Waals surface area contributed by atoms with Crippen LogP contribution in [0.25, 0.3) is 5.57 Å². The molecule has 0 amide bonds. The summed E-state index contributed by atoms with van der Waals surface area (Å²) in [4.78, 5) is 4.03. The van der Waals surface area contributed by atoms with Gasteiger partial charge in [-0.3, -0.25) is 4.99 Å². The summed E-state index contributed by atoms with van der Waals surface area (Å²) in [5.74, 6) is -2.76. The van der Waals surface area contributed by atoms with Gasteiger partial charge in [-0.2, -0.15) is 0 Å².